The van der Waals surface area contributed by atoms with E-state index in [0.29, 0.717) is 6.54 Å². The second-order valence-electron chi connectivity index (χ2n) is 7.37. The Hall–Kier alpha value is -1.88. The lowest BCUT2D eigenvalue weighted by Gasteiger charge is -2.21. The normalized spacial score (nSPS) is 21.9. The highest BCUT2D eigenvalue weighted by Crippen LogP contribution is 2.22. The highest BCUT2D eigenvalue weighted by Gasteiger charge is 2.23. The fourth-order valence-electron chi connectivity index (χ4n) is 4.00. The van der Waals surface area contributed by atoms with E-state index in [-0.39, 0.29) is 18.2 Å². The fraction of sp³-hybridized carbons (Fsp3) is 0.600. The molecule has 5 heteroatoms. The van der Waals surface area contributed by atoms with Gasteiger partial charge in [0.2, 0.25) is 0 Å². The van der Waals surface area contributed by atoms with Crippen LogP contribution in [-0.2, 0) is 11.3 Å². The number of carbonyl (C=O) groups is 2. The molecule has 0 spiro atoms. The van der Waals surface area contributed by atoms with E-state index in [1.165, 1.54) is 18.4 Å². The molecule has 0 aromatic heterocycles. The van der Waals surface area contributed by atoms with Gasteiger partial charge in [0.1, 0.15) is 0 Å². The number of carboxylic acid groups (broad SMARTS) is 1. The topological polar surface area (TPSA) is 60.9 Å². The van der Waals surface area contributed by atoms with Crippen molar-refractivity contribution < 1.29 is 14.7 Å². The lowest BCUT2D eigenvalue weighted by Crippen LogP contribution is -2.32. The Bertz CT molecular complexity index is 611. The van der Waals surface area contributed by atoms with E-state index in [0.717, 1.165) is 51.0 Å². The maximum atomic E-state index is 12.9. The summed E-state index contributed by atoms with van der Waals surface area (Å²) < 4.78 is 0. The Labute approximate surface area is 149 Å². The molecule has 0 radical (unpaired) electrons. The smallest absolute Gasteiger partial charge is 0.303 e. The van der Waals surface area contributed by atoms with Gasteiger partial charge < -0.3 is 10.0 Å². The third kappa shape index (κ3) is 5.05. The number of amides is 1. The molecule has 0 aliphatic carbocycles. The Morgan fingerprint density at radius 3 is 2.60 bits per heavy atom. The Kier molecular flexibility index (Phi) is 6.08. The summed E-state index contributed by atoms with van der Waals surface area (Å²) in [5.74, 6) is -0.463. The van der Waals surface area contributed by atoms with Crippen LogP contribution in [0.1, 0.15) is 54.4 Å². The second kappa shape index (κ2) is 8.48. The minimum absolute atomic E-state index is 0.0826. The summed E-state index contributed by atoms with van der Waals surface area (Å²) in [5.41, 5.74) is 1.96. The molecule has 25 heavy (non-hydrogen) atoms. The largest absolute Gasteiger partial charge is 0.481 e. The summed E-state index contributed by atoms with van der Waals surface area (Å²) in [6, 6.07) is 8.00. The summed E-state index contributed by atoms with van der Waals surface area (Å²) >= 11 is 0. The van der Waals surface area contributed by atoms with Crippen LogP contribution in [0, 0.1) is 5.92 Å². The molecule has 0 saturated carbocycles. The van der Waals surface area contributed by atoms with Gasteiger partial charge in [0, 0.05) is 31.6 Å². The number of carboxylic acids is 1. The van der Waals surface area contributed by atoms with Gasteiger partial charge in [-0.3, -0.25) is 14.5 Å². The number of benzene rings is 1. The first-order valence-corrected chi connectivity index (χ1v) is 9.44. The van der Waals surface area contributed by atoms with Crippen molar-refractivity contribution in [1.82, 2.24) is 9.80 Å². The third-order valence-corrected chi connectivity index (χ3v) is 5.38. The maximum Gasteiger partial charge on any atom is 0.303 e. The van der Waals surface area contributed by atoms with Gasteiger partial charge in [-0.1, -0.05) is 12.1 Å². The Morgan fingerprint density at radius 2 is 1.84 bits per heavy atom. The maximum absolute atomic E-state index is 12.9. The number of likely N-dealkylation sites (tertiary alicyclic amines) is 2. The van der Waals surface area contributed by atoms with Crippen molar-refractivity contribution in [2.45, 2.75) is 45.1 Å². The monoisotopic (exact) mass is 344 g/mol. The SMILES string of the molecule is O=C(O)C[C@H]1CCCN(C(=O)c2cccc(CN3CCCC3)c2)CC1. The first kappa shape index (κ1) is 17.9. The number of rotatable bonds is 5. The number of hydrogen-bond acceptors (Lipinski definition) is 3. The van der Waals surface area contributed by atoms with Crippen LogP contribution in [0.2, 0.25) is 0 Å². The van der Waals surface area contributed by atoms with Gasteiger partial charge in [-0.05, 0) is 68.8 Å². The molecule has 2 heterocycles. The van der Waals surface area contributed by atoms with Gasteiger partial charge in [0.25, 0.3) is 5.91 Å². The molecule has 1 atom stereocenters. The number of aliphatic carboxylic acids is 1. The highest BCUT2D eigenvalue weighted by atomic mass is 16.4. The first-order chi connectivity index (χ1) is 12.1. The standard InChI is InChI=1S/C20H28N2O3/c23-19(24)14-16-6-4-11-22(12-8-16)20(25)18-7-3-5-17(13-18)15-21-9-1-2-10-21/h3,5,7,13,16H,1-2,4,6,8-12,14-15H2,(H,23,24)/t16-/m0/s1. The summed E-state index contributed by atoms with van der Waals surface area (Å²) in [4.78, 5) is 28.1. The average molecular weight is 344 g/mol. The van der Waals surface area contributed by atoms with E-state index >= 15 is 0 Å². The zero-order valence-electron chi connectivity index (χ0n) is 14.8. The van der Waals surface area contributed by atoms with E-state index < -0.39 is 5.97 Å². The van der Waals surface area contributed by atoms with Gasteiger partial charge in [-0.25, -0.2) is 0 Å². The van der Waals surface area contributed by atoms with Gasteiger partial charge in [0.15, 0.2) is 0 Å². The lowest BCUT2D eigenvalue weighted by molar-refractivity contribution is -0.138. The molecule has 3 rings (SSSR count). The molecule has 0 bridgehead atoms. The molecular formula is C20H28N2O3. The quantitative estimate of drug-likeness (QED) is 0.892. The fourth-order valence-corrected chi connectivity index (χ4v) is 4.00. The molecular weight excluding hydrogens is 316 g/mol. The molecule has 5 nitrogen and oxygen atoms in total. The van der Waals surface area contributed by atoms with Crippen molar-refractivity contribution in [1.29, 1.82) is 0 Å². The zero-order valence-corrected chi connectivity index (χ0v) is 14.8. The van der Waals surface area contributed by atoms with E-state index in [1.807, 2.05) is 23.1 Å². The molecule has 2 saturated heterocycles. The van der Waals surface area contributed by atoms with Crippen molar-refractivity contribution in [3.63, 3.8) is 0 Å². The van der Waals surface area contributed by atoms with E-state index in [1.54, 1.807) is 0 Å². The van der Waals surface area contributed by atoms with E-state index in [4.69, 9.17) is 5.11 Å². The molecule has 136 valence electrons. The molecule has 2 aliphatic heterocycles. The number of nitrogens with zero attached hydrogens (tertiary/aromatic N) is 2. The van der Waals surface area contributed by atoms with Crippen LogP contribution in [0.15, 0.2) is 24.3 Å². The second-order valence-corrected chi connectivity index (χ2v) is 7.37. The molecule has 0 unspecified atom stereocenters. The van der Waals surface area contributed by atoms with Crippen LogP contribution < -0.4 is 0 Å². The van der Waals surface area contributed by atoms with Crippen LogP contribution >= 0.6 is 0 Å². The summed E-state index contributed by atoms with van der Waals surface area (Å²) in [7, 11) is 0. The molecule has 1 N–H and O–H groups in total. The van der Waals surface area contributed by atoms with Crippen molar-refractivity contribution in [2.75, 3.05) is 26.2 Å². The van der Waals surface area contributed by atoms with Crippen LogP contribution in [-0.4, -0.2) is 53.0 Å². The minimum Gasteiger partial charge on any atom is -0.481 e. The Morgan fingerprint density at radius 1 is 1.04 bits per heavy atom. The van der Waals surface area contributed by atoms with Crippen LogP contribution in [0.5, 0.6) is 0 Å². The predicted molar refractivity (Wildman–Crippen MR) is 96.5 cm³/mol. The Balaban J connectivity index is 1.61. The van der Waals surface area contributed by atoms with Gasteiger partial charge in [0.05, 0.1) is 0 Å². The molecule has 2 fully saturated rings. The molecule has 2 aliphatic rings. The first-order valence-electron chi connectivity index (χ1n) is 9.44. The average Bonchev–Trinajstić information content (AvgIpc) is 2.99. The van der Waals surface area contributed by atoms with Gasteiger partial charge in [-0.2, -0.15) is 0 Å². The molecule has 1 aromatic rings. The number of hydrogen-bond donors (Lipinski definition) is 1. The summed E-state index contributed by atoms with van der Waals surface area (Å²) in [6.07, 6.45) is 5.31. The zero-order chi connectivity index (χ0) is 17.6. The van der Waals surface area contributed by atoms with Crippen LogP contribution in [0.4, 0.5) is 0 Å². The summed E-state index contributed by atoms with van der Waals surface area (Å²) in [6.45, 7) is 4.60. The minimum atomic E-state index is -0.737. The van der Waals surface area contributed by atoms with E-state index in [9.17, 15) is 9.59 Å². The highest BCUT2D eigenvalue weighted by molar-refractivity contribution is 5.94. The van der Waals surface area contributed by atoms with Gasteiger partial charge >= 0.3 is 5.97 Å². The van der Waals surface area contributed by atoms with Crippen molar-refractivity contribution >= 4 is 11.9 Å². The summed E-state index contributed by atoms with van der Waals surface area (Å²) in [5, 5.41) is 8.97. The van der Waals surface area contributed by atoms with E-state index in [2.05, 4.69) is 11.0 Å². The van der Waals surface area contributed by atoms with Crippen LogP contribution in [0.3, 0.4) is 0 Å². The number of carbonyl (C=O) groups excluding carboxylic acids is 1. The van der Waals surface area contributed by atoms with Gasteiger partial charge in [-0.15, -0.1) is 0 Å². The molecule has 1 amide bonds. The van der Waals surface area contributed by atoms with Crippen LogP contribution in [0.25, 0.3) is 0 Å². The third-order valence-electron chi connectivity index (χ3n) is 5.38. The predicted octanol–water partition coefficient (Wildman–Crippen LogP) is 3.00. The van der Waals surface area contributed by atoms with Crippen molar-refractivity contribution in [3.05, 3.63) is 35.4 Å². The molecule has 1 aromatic carbocycles. The van der Waals surface area contributed by atoms with Crippen molar-refractivity contribution in [2.24, 2.45) is 5.92 Å². The lowest BCUT2D eigenvalue weighted by atomic mass is 9.97. The van der Waals surface area contributed by atoms with Crippen molar-refractivity contribution in [3.8, 4) is 0 Å².